The smallest absolute Gasteiger partial charge is 0.304 e. The molecule has 3 rings (SSSR count). The summed E-state index contributed by atoms with van der Waals surface area (Å²) in [4.78, 5) is 11.0. The summed E-state index contributed by atoms with van der Waals surface area (Å²) in [6.07, 6.45) is 0.514. The fourth-order valence-corrected chi connectivity index (χ4v) is 2.64. The maximum atomic E-state index is 13.5. The number of ether oxygens (including phenoxy) is 2. The molecule has 1 heterocycles. The molecule has 0 amide bonds. The molecule has 0 bridgehead atoms. The van der Waals surface area contributed by atoms with Crippen LogP contribution in [0.5, 0.6) is 11.5 Å². The van der Waals surface area contributed by atoms with Gasteiger partial charge in [-0.15, -0.1) is 0 Å². The number of halogens is 1. The van der Waals surface area contributed by atoms with E-state index in [0.29, 0.717) is 17.1 Å². The minimum atomic E-state index is -1.12. The van der Waals surface area contributed by atoms with Gasteiger partial charge in [0.25, 0.3) is 0 Å². The lowest BCUT2D eigenvalue weighted by Gasteiger charge is -2.17. The average molecular weight is 266 g/mol. The van der Waals surface area contributed by atoms with E-state index in [1.807, 2.05) is 0 Å². The Morgan fingerprint density at radius 1 is 1.47 bits per heavy atom. The monoisotopic (exact) mass is 266 g/mol. The summed E-state index contributed by atoms with van der Waals surface area (Å²) in [5.41, 5.74) is 0.884. The number of carboxylic acid groups (broad SMARTS) is 1. The molecule has 1 N–H and O–H groups in total. The Balaban J connectivity index is 2.07. The Bertz CT molecular complexity index is 534. The van der Waals surface area contributed by atoms with E-state index in [1.165, 1.54) is 6.92 Å². The van der Waals surface area contributed by atoms with Crippen molar-refractivity contribution in [3.05, 3.63) is 23.3 Å². The molecular formula is C14H15FO4. The topological polar surface area (TPSA) is 55.8 Å². The molecule has 19 heavy (non-hydrogen) atoms. The van der Waals surface area contributed by atoms with Crippen LogP contribution in [0.2, 0.25) is 0 Å². The van der Waals surface area contributed by atoms with Crippen molar-refractivity contribution in [1.29, 1.82) is 0 Å². The quantitative estimate of drug-likeness (QED) is 0.910. The normalized spacial score (nSPS) is 20.1. The molecule has 0 aromatic heterocycles. The number of hydrogen-bond acceptors (Lipinski definition) is 3. The van der Waals surface area contributed by atoms with Crippen molar-refractivity contribution in [2.24, 2.45) is 0 Å². The maximum absolute atomic E-state index is 13.5. The van der Waals surface area contributed by atoms with Crippen LogP contribution in [0.3, 0.4) is 0 Å². The fourth-order valence-electron chi connectivity index (χ4n) is 2.64. The summed E-state index contributed by atoms with van der Waals surface area (Å²) in [5.74, 6) is 0.265. The molecule has 0 spiro atoms. The highest BCUT2D eigenvalue weighted by molar-refractivity contribution is 5.71. The van der Waals surface area contributed by atoms with E-state index in [9.17, 15) is 9.18 Å². The first-order valence-electron chi connectivity index (χ1n) is 6.32. The highest BCUT2D eigenvalue weighted by atomic mass is 19.1. The van der Waals surface area contributed by atoms with Crippen LogP contribution in [0.1, 0.15) is 43.5 Å². The zero-order chi connectivity index (χ0) is 13.6. The second-order valence-corrected chi connectivity index (χ2v) is 5.27. The Morgan fingerprint density at radius 3 is 2.79 bits per heavy atom. The van der Waals surface area contributed by atoms with Crippen molar-refractivity contribution in [2.75, 3.05) is 6.79 Å². The van der Waals surface area contributed by atoms with Crippen molar-refractivity contribution in [3.8, 4) is 11.5 Å². The van der Waals surface area contributed by atoms with Gasteiger partial charge in [-0.2, -0.15) is 0 Å². The van der Waals surface area contributed by atoms with Gasteiger partial charge in [0, 0.05) is 11.0 Å². The highest BCUT2D eigenvalue weighted by Gasteiger charge is 2.49. The second-order valence-electron chi connectivity index (χ2n) is 5.27. The van der Waals surface area contributed by atoms with Crippen LogP contribution in [-0.2, 0) is 10.2 Å². The van der Waals surface area contributed by atoms with E-state index >= 15 is 0 Å². The number of benzene rings is 1. The maximum Gasteiger partial charge on any atom is 0.304 e. The molecular weight excluding hydrogens is 251 g/mol. The van der Waals surface area contributed by atoms with Gasteiger partial charge in [-0.05, 0) is 37.5 Å². The van der Waals surface area contributed by atoms with Gasteiger partial charge in [0.05, 0.1) is 6.42 Å². The summed E-state index contributed by atoms with van der Waals surface area (Å²) in [5, 5.41) is 9.03. The molecule has 1 aromatic carbocycles. The van der Waals surface area contributed by atoms with Crippen LogP contribution in [0.4, 0.5) is 4.39 Å². The second kappa shape index (κ2) is 4.11. The molecule has 0 saturated heterocycles. The van der Waals surface area contributed by atoms with Crippen LogP contribution >= 0.6 is 0 Å². The number of fused-ring (bicyclic) bond motifs is 1. The largest absolute Gasteiger partial charge is 0.481 e. The zero-order valence-electron chi connectivity index (χ0n) is 10.6. The Hall–Kier alpha value is -1.78. The number of alkyl halides is 1. The fraction of sp³-hybridized carbons (Fsp3) is 0.500. The summed E-state index contributed by atoms with van der Waals surface area (Å²) in [7, 11) is 0. The van der Waals surface area contributed by atoms with E-state index in [-0.39, 0.29) is 13.2 Å². The Morgan fingerprint density at radius 2 is 2.21 bits per heavy atom. The van der Waals surface area contributed by atoms with E-state index in [2.05, 4.69) is 0 Å². The van der Waals surface area contributed by atoms with Gasteiger partial charge in [0.1, 0.15) is 6.17 Å². The van der Waals surface area contributed by atoms with Crippen molar-refractivity contribution in [3.63, 3.8) is 0 Å². The lowest BCUT2D eigenvalue weighted by atomic mass is 9.89. The van der Waals surface area contributed by atoms with Gasteiger partial charge in [-0.3, -0.25) is 4.79 Å². The lowest BCUT2D eigenvalue weighted by Crippen LogP contribution is -2.14. The minimum Gasteiger partial charge on any atom is -0.481 e. The standard InChI is InChI=1S/C14H15FO4/c1-8(15)9-4-10(13-11(5-9)18-7-19-13)14(2-3-14)6-12(16)17/h4-5,8H,2-3,6-7H2,1H3,(H,16,17). The zero-order valence-corrected chi connectivity index (χ0v) is 10.6. The highest BCUT2D eigenvalue weighted by Crippen LogP contribution is 2.57. The van der Waals surface area contributed by atoms with Crippen molar-refractivity contribution in [1.82, 2.24) is 0 Å². The van der Waals surface area contributed by atoms with Gasteiger partial charge in [0.15, 0.2) is 11.5 Å². The molecule has 1 unspecified atom stereocenters. The average Bonchev–Trinajstić information content (AvgIpc) is 2.95. The molecule has 0 radical (unpaired) electrons. The van der Waals surface area contributed by atoms with Crippen LogP contribution in [0.15, 0.2) is 12.1 Å². The summed E-state index contributed by atoms with van der Waals surface area (Å²) in [6.45, 7) is 1.56. The van der Waals surface area contributed by atoms with Crippen LogP contribution in [-0.4, -0.2) is 17.9 Å². The number of carboxylic acids is 1. The van der Waals surface area contributed by atoms with Crippen LogP contribution < -0.4 is 9.47 Å². The van der Waals surface area contributed by atoms with Gasteiger partial charge in [-0.25, -0.2) is 4.39 Å². The molecule has 1 aliphatic heterocycles. The lowest BCUT2D eigenvalue weighted by molar-refractivity contribution is -0.137. The van der Waals surface area contributed by atoms with E-state index in [4.69, 9.17) is 14.6 Å². The number of rotatable bonds is 4. The van der Waals surface area contributed by atoms with Crippen molar-refractivity contribution in [2.45, 2.75) is 37.8 Å². The molecule has 1 saturated carbocycles. The minimum absolute atomic E-state index is 0.0485. The Labute approximate surface area is 110 Å². The van der Waals surface area contributed by atoms with E-state index in [0.717, 1.165) is 18.4 Å². The first-order chi connectivity index (χ1) is 9.02. The Kier molecular flexibility index (Phi) is 2.66. The van der Waals surface area contributed by atoms with Crippen molar-refractivity contribution < 1.29 is 23.8 Å². The van der Waals surface area contributed by atoms with Gasteiger partial charge in [0.2, 0.25) is 6.79 Å². The molecule has 1 aliphatic carbocycles. The van der Waals surface area contributed by atoms with Crippen molar-refractivity contribution >= 4 is 5.97 Å². The summed E-state index contributed by atoms with van der Waals surface area (Å²) in [6, 6.07) is 3.36. The molecule has 1 aromatic rings. The van der Waals surface area contributed by atoms with Gasteiger partial charge >= 0.3 is 5.97 Å². The molecule has 2 aliphatic rings. The first kappa shape index (κ1) is 12.3. The molecule has 4 nitrogen and oxygen atoms in total. The molecule has 1 fully saturated rings. The third-order valence-electron chi connectivity index (χ3n) is 3.87. The SMILES string of the molecule is CC(F)c1cc2c(c(C3(CC(=O)O)CC3)c1)OCO2. The number of hydrogen-bond donors (Lipinski definition) is 1. The molecule has 5 heteroatoms. The van der Waals surface area contributed by atoms with Gasteiger partial charge < -0.3 is 14.6 Å². The van der Waals surface area contributed by atoms with Gasteiger partial charge in [-0.1, -0.05) is 0 Å². The predicted octanol–water partition coefficient (Wildman–Crippen LogP) is 2.95. The molecule has 1 atom stereocenters. The number of carbonyl (C=O) groups is 1. The summed E-state index contributed by atoms with van der Waals surface area (Å²) < 4.78 is 24.3. The predicted molar refractivity (Wildman–Crippen MR) is 65.3 cm³/mol. The van der Waals surface area contributed by atoms with E-state index < -0.39 is 17.6 Å². The van der Waals surface area contributed by atoms with Crippen LogP contribution in [0.25, 0.3) is 0 Å². The first-order valence-corrected chi connectivity index (χ1v) is 6.32. The third-order valence-corrected chi connectivity index (χ3v) is 3.87. The molecule has 102 valence electrons. The third kappa shape index (κ3) is 2.03. The number of aliphatic carboxylic acids is 1. The van der Waals surface area contributed by atoms with Crippen LogP contribution in [0, 0.1) is 0 Å². The van der Waals surface area contributed by atoms with E-state index in [1.54, 1.807) is 12.1 Å². The summed E-state index contributed by atoms with van der Waals surface area (Å²) >= 11 is 0.